The predicted octanol–water partition coefficient (Wildman–Crippen LogP) is 4.88. The third-order valence-electron chi connectivity index (χ3n) is 9.24. The van der Waals surface area contributed by atoms with E-state index in [9.17, 15) is 4.79 Å². The van der Waals surface area contributed by atoms with Crippen molar-refractivity contribution in [3.63, 3.8) is 0 Å². The summed E-state index contributed by atoms with van der Waals surface area (Å²) in [5.74, 6) is 1.55. The molecule has 40 heavy (non-hydrogen) atoms. The fourth-order valence-electron chi connectivity index (χ4n) is 7.06. The maximum absolute atomic E-state index is 13.0. The Balaban J connectivity index is 0.956. The molecule has 4 aliphatic heterocycles. The van der Waals surface area contributed by atoms with Crippen molar-refractivity contribution in [2.45, 2.75) is 76.3 Å². The molecular weight excluding hydrogens is 500 g/mol. The molecule has 7 heteroatoms. The lowest BCUT2D eigenvalue weighted by Crippen LogP contribution is -2.46. The average molecular weight is 541 g/mol. The number of piperidine rings is 1. The zero-order valence-electron chi connectivity index (χ0n) is 23.5. The first-order chi connectivity index (χ1) is 19.6. The van der Waals surface area contributed by atoms with Crippen molar-refractivity contribution in [2.75, 3.05) is 32.8 Å². The van der Waals surface area contributed by atoms with Gasteiger partial charge in [0.1, 0.15) is 11.9 Å². The molecule has 3 aromatic rings. The van der Waals surface area contributed by atoms with E-state index in [2.05, 4.69) is 53.5 Å². The highest BCUT2D eigenvalue weighted by molar-refractivity contribution is 5.98. The molecule has 4 aliphatic rings. The number of nitrogens with zero attached hydrogens (tertiary/aromatic N) is 3. The lowest BCUT2D eigenvalue weighted by Gasteiger charge is -2.31. The third kappa shape index (κ3) is 5.35. The van der Waals surface area contributed by atoms with E-state index >= 15 is 0 Å². The number of ether oxygens (including phenoxy) is 2. The van der Waals surface area contributed by atoms with Crippen LogP contribution in [0.2, 0.25) is 0 Å². The van der Waals surface area contributed by atoms with Gasteiger partial charge in [0.15, 0.2) is 0 Å². The van der Waals surface area contributed by atoms with E-state index in [-0.39, 0.29) is 12.0 Å². The van der Waals surface area contributed by atoms with Crippen LogP contribution in [0.4, 0.5) is 0 Å². The Labute approximate surface area is 236 Å². The zero-order chi connectivity index (χ0) is 27.1. The number of fused-ring (bicyclic) bond motifs is 2. The topological polar surface area (TPSA) is 66.9 Å². The molecule has 0 radical (unpaired) electrons. The Morgan fingerprint density at radius 2 is 2.05 bits per heavy atom. The van der Waals surface area contributed by atoms with Gasteiger partial charge in [-0.3, -0.25) is 14.7 Å². The second-order valence-corrected chi connectivity index (χ2v) is 12.2. The Kier molecular flexibility index (Phi) is 7.20. The van der Waals surface area contributed by atoms with Crippen molar-refractivity contribution >= 4 is 16.8 Å². The molecule has 7 rings (SSSR count). The van der Waals surface area contributed by atoms with Gasteiger partial charge in [0.25, 0.3) is 5.91 Å². The minimum Gasteiger partial charge on any atom is -0.489 e. The molecule has 3 saturated heterocycles. The van der Waals surface area contributed by atoms with E-state index in [0.29, 0.717) is 24.6 Å². The minimum atomic E-state index is 0.167. The molecular formula is C33H40N4O3. The van der Waals surface area contributed by atoms with Gasteiger partial charge in [0.05, 0.1) is 11.6 Å². The second-order valence-electron chi connectivity index (χ2n) is 12.2. The summed E-state index contributed by atoms with van der Waals surface area (Å²) in [6, 6.07) is 17.5. The summed E-state index contributed by atoms with van der Waals surface area (Å²) >= 11 is 0. The van der Waals surface area contributed by atoms with Gasteiger partial charge in [0, 0.05) is 67.9 Å². The Hall–Kier alpha value is -3.00. The molecule has 0 spiro atoms. The number of carbonyl (C=O) groups is 1. The summed E-state index contributed by atoms with van der Waals surface area (Å²) < 4.78 is 12.2. The lowest BCUT2D eigenvalue weighted by molar-refractivity contribution is 0.0180. The molecule has 210 valence electrons. The highest BCUT2D eigenvalue weighted by Crippen LogP contribution is 2.32. The van der Waals surface area contributed by atoms with Crippen LogP contribution in [0.3, 0.4) is 0 Å². The molecule has 0 saturated carbocycles. The lowest BCUT2D eigenvalue weighted by atomic mass is 9.92. The number of carbonyl (C=O) groups excluding carboxylic acids is 1. The normalized spacial score (nSPS) is 27.3. The van der Waals surface area contributed by atoms with Gasteiger partial charge in [-0.1, -0.05) is 12.1 Å². The first-order valence-corrected chi connectivity index (χ1v) is 15.1. The maximum Gasteiger partial charge on any atom is 0.254 e. The van der Waals surface area contributed by atoms with Crippen molar-refractivity contribution in [2.24, 2.45) is 0 Å². The Morgan fingerprint density at radius 3 is 2.92 bits per heavy atom. The quantitative estimate of drug-likeness (QED) is 0.481. The first-order valence-electron chi connectivity index (χ1n) is 15.1. The molecule has 0 aliphatic carbocycles. The van der Waals surface area contributed by atoms with Gasteiger partial charge >= 0.3 is 0 Å². The minimum absolute atomic E-state index is 0.167. The number of hydrogen-bond acceptors (Lipinski definition) is 6. The molecule has 2 aromatic carbocycles. The summed E-state index contributed by atoms with van der Waals surface area (Å²) in [6.45, 7) is 8.47. The van der Waals surface area contributed by atoms with E-state index < -0.39 is 0 Å². The average Bonchev–Trinajstić information content (AvgIpc) is 3.56. The SMILES string of the molecule is C[C@H]1CC(c2ccc3cc(CN4CC[C@H](Oc5ccc6c(c5)CN(C5CCCNC5)C6=O)C4)ccc3n2)CCO1. The molecule has 1 aromatic heterocycles. The molecule has 1 amide bonds. The number of amides is 1. The summed E-state index contributed by atoms with van der Waals surface area (Å²) in [7, 11) is 0. The number of benzene rings is 2. The molecule has 5 heterocycles. The fraction of sp³-hybridized carbons (Fsp3) is 0.515. The molecule has 7 nitrogen and oxygen atoms in total. The second kappa shape index (κ2) is 11.1. The smallest absolute Gasteiger partial charge is 0.254 e. The van der Waals surface area contributed by atoms with Crippen LogP contribution in [0, 0.1) is 0 Å². The van der Waals surface area contributed by atoms with Crippen LogP contribution >= 0.6 is 0 Å². The van der Waals surface area contributed by atoms with Gasteiger partial charge in [-0.05, 0) is 93.1 Å². The fourth-order valence-corrected chi connectivity index (χ4v) is 7.06. The summed E-state index contributed by atoms with van der Waals surface area (Å²) in [6.07, 6.45) is 5.81. The van der Waals surface area contributed by atoms with Crippen LogP contribution in [0.5, 0.6) is 5.75 Å². The van der Waals surface area contributed by atoms with E-state index in [4.69, 9.17) is 14.5 Å². The summed E-state index contributed by atoms with van der Waals surface area (Å²) in [5.41, 5.74) is 5.53. The number of aromatic nitrogens is 1. The van der Waals surface area contributed by atoms with Crippen LogP contribution in [0.25, 0.3) is 10.9 Å². The van der Waals surface area contributed by atoms with Crippen LogP contribution < -0.4 is 10.1 Å². The van der Waals surface area contributed by atoms with E-state index in [1.54, 1.807) is 0 Å². The Morgan fingerprint density at radius 1 is 1.10 bits per heavy atom. The monoisotopic (exact) mass is 540 g/mol. The van der Waals surface area contributed by atoms with Crippen molar-refractivity contribution in [1.29, 1.82) is 0 Å². The zero-order valence-corrected chi connectivity index (χ0v) is 23.5. The maximum atomic E-state index is 13.0. The van der Waals surface area contributed by atoms with Gasteiger partial charge in [-0.25, -0.2) is 0 Å². The molecule has 1 N–H and O–H groups in total. The number of nitrogens with one attached hydrogen (secondary N) is 1. The molecule has 3 fully saturated rings. The first kappa shape index (κ1) is 25.9. The molecule has 2 unspecified atom stereocenters. The van der Waals surface area contributed by atoms with Gasteiger partial charge in [-0.15, -0.1) is 0 Å². The van der Waals surface area contributed by atoms with Crippen LogP contribution in [-0.2, 0) is 17.8 Å². The van der Waals surface area contributed by atoms with E-state index in [1.807, 2.05) is 17.0 Å². The van der Waals surface area contributed by atoms with Crippen molar-refractivity contribution < 1.29 is 14.3 Å². The van der Waals surface area contributed by atoms with E-state index in [1.165, 1.54) is 16.6 Å². The van der Waals surface area contributed by atoms with Crippen LogP contribution in [0.15, 0.2) is 48.5 Å². The standard InChI is InChI=1S/C33H40N4O3/c1-22-15-25(11-14-39-22)32-9-5-24-16-23(4-8-31(24)35-32)19-36-13-10-29(21-36)40-28-6-7-30-26(17-28)20-37(33(30)38)27-3-2-12-34-18-27/h4-9,16-17,22,25,27,29,34H,2-3,10-15,18-21H2,1H3/t22-,25?,27?,29-/m0/s1. The highest BCUT2D eigenvalue weighted by atomic mass is 16.5. The largest absolute Gasteiger partial charge is 0.489 e. The Bertz CT molecular complexity index is 1390. The highest BCUT2D eigenvalue weighted by Gasteiger charge is 2.34. The number of hydrogen-bond donors (Lipinski definition) is 1. The van der Waals surface area contributed by atoms with Gasteiger partial charge in [-0.2, -0.15) is 0 Å². The van der Waals surface area contributed by atoms with Crippen molar-refractivity contribution in [3.05, 3.63) is 70.9 Å². The van der Waals surface area contributed by atoms with E-state index in [0.717, 1.165) is 93.8 Å². The predicted molar refractivity (Wildman–Crippen MR) is 156 cm³/mol. The number of rotatable bonds is 6. The summed E-state index contributed by atoms with van der Waals surface area (Å²) in [4.78, 5) is 22.5. The van der Waals surface area contributed by atoms with Crippen LogP contribution in [0.1, 0.15) is 72.1 Å². The van der Waals surface area contributed by atoms with Gasteiger partial charge in [0.2, 0.25) is 0 Å². The van der Waals surface area contributed by atoms with Gasteiger partial charge < -0.3 is 19.7 Å². The summed E-state index contributed by atoms with van der Waals surface area (Å²) in [5, 5.41) is 4.64. The number of likely N-dealkylation sites (tertiary alicyclic amines) is 1. The number of pyridine rings is 1. The third-order valence-corrected chi connectivity index (χ3v) is 9.24. The molecule has 4 atom stereocenters. The molecule has 0 bridgehead atoms. The van der Waals surface area contributed by atoms with Crippen LogP contribution in [-0.4, -0.2) is 71.7 Å². The van der Waals surface area contributed by atoms with Crippen molar-refractivity contribution in [1.82, 2.24) is 20.1 Å². The van der Waals surface area contributed by atoms with Crippen molar-refractivity contribution in [3.8, 4) is 5.75 Å².